The summed E-state index contributed by atoms with van der Waals surface area (Å²) in [7, 11) is 0. The Morgan fingerprint density at radius 3 is 2.74 bits per heavy atom. The number of aliphatic hydroxyl groups excluding tert-OH is 1. The highest BCUT2D eigenvalue weighted by atomic mass is 35.5. The molecule has 204 valence electrons. The van der Waals surface area contributed by atoms with E-state index in [9.17, 15) is 14.4 Å². The number of hydrogen-bond acceptors (Lipinski definition) is 6. The first kappa shape index (κ1) is 27.3. The maximum Gasteiger partial charge on any atom is 0.311 e. The highest BCUT2D eigenvalue weighted by molar-refractivity contribution is 8.02. The predicted octanol–water partition coefficient (Wildman–Crippen LogP) is 4.29. The maximum atomic E-state index is 14.5. The van der Waals surface area contributed by atoms with Crippen LogP contribution < -0.4 is 4.90 Å². The number of ether oxygens (including phenoxy) is 1. The van der Waals surface area contributed by atoms with E-state index in [-0.39, 0.29) is 29.6 Å². The first-order chi connectivity index (χ1) is 18.4. The number of anilines is 1. The summed E-state index contributed by atoms with van der Waals surface area (Å²) in [5.41, 5.74) is 1.54. The minimum absolute atomic E-state index is 0.140. The van der Waals surface area contributed by atoms with Crippen LogP contribution in [0.2, 0.25) is 5.02 Å². The zero-order chi connectivity index (χ0) is 26.9. The topological polar surface area (TPSA) is 87.2 Å². The molecule has 1 aromatic carbocycles. The van der Waals surface area contributed by atoms with Crippen LogP contribution in [-0.4, -0.2) is 70.1 Å². The van der Waals surface area contributed by atoms with Crippen LogP contribution in [-0.2, 0) is 19.1 Å². The molecule has 1 N–H and O–H groups in total. The van der Waals surface area contributed by atoms with Gasteiger partial charge in [-0.3, -0.25) is 14.4 Å². The van der Waals surface area contributed by atoms with Crippen LogP contribution in [0.25, 0.3) is 0 Å². The fourth-order valence-electron chi connectivity index (χ4n) is 6.41. The predicted molar refractivity (Wildman–Crippen MR) is 149 cm³/mol. The highest BCUT2D eigenvalue weighted by Gasteiger charge is 2.71. The van der Waals surface area contributed by atoms with Gasteiger partial charge in [0.2, 0.25) is 5.91 Å². The summed E-state index contributed by atoms with van der Waals surface area (Å²) in [6.45, 7) is 3.16. The number of fused-ring (bicyclic) bond motifs is 2. The number of allylic oxidation sites excluding steroid dienone is 1. The standard InChI is InChI=1S/C29H35ClN2O5S/c1-19-11-9-12-20(30)24(19)31-16-10-14-29-23(22-21(38-29)13-5-4-8-18-37-28(22)36)26(34)32(25(29)27(31)35)15-6-2-3-7-17-33/h5,9-14,21-23,25,33H,2-4,6-8,15-18H2,1H3/b13-5-/t21-,22+,23-,25?,29-/m0/s1. The van der Waals surface area contributed by atoms with E-state index in [1.807, 2.05) is 37.3 Å². The van der Waals surface area contributed by atoms with Crippen molar-refractivity contribution in [1.29, 1.82) is 0 Å². The highest BCUT2D eigenvalue weighted by Crippen LogP contribution is 2.61. The molecule has 7 nitrogen and oxygen atoms in total. The van der Waals surface area contributed by atoms with Gasteiger partial charge in [0.1, 0.15) is 6.04 Å². The molecule has 38 heavy (non-hydrogen) atoms. The number of amides is 2. The first-order valence-corrected chi connectivity index (χ1v) is 14.8. The molecule has 0 aliphatic carbocycles. The number of esters is 1. The molecule has 1 aromatic rings. The number of halogens is 1. The van der Waals surface area contributed by atoms with Crippen LogP contribution in [0.15, 0.2) is 42.5 Å². The zero-order valence-electron chi connectivity index (χ0n) is 21.7. The average Bonchev–Trinajstić information content (AvgIpc) is 3.30. The number of carbonyl (C=O) groups excluding carboxylic acids is 3. The molecule has 5 rings (SSSR count). The van der Waals surface area contributed by atoms with Gasteiger partial charge in [0.05, 0.1) is 33.9 Å². The number of likely N-dealkylation sites (tertiary alicyclic amines) is 1. The molecule has 2 fully saturated rings. The van der Waals surface area contributed by atoms with Crippen molar-refractivity contribution in [1.82, 2.24) is 4.90 Å². The van der Waals surface area contributed by atoms with E-state index in [1.54, 1.807) is 27.6 Å². The van der Waals surface area contributed by atoms with Crippen molar-refractivity contribution in [2.24, 2.45) is 11.8 Å². The van der Waals surface area contributed by atoms with Crippen molar-refractivity contribution in [3.05, 3.63) is 53.1 Å². The number of para-hydroxylation sites is 1. The summed E-state index contributed by atoms with van der Waals surface area (Å²) < 4.78 is 4.75. The molecular formula is C29H35ClN2O5S. The number of aryl methyl sites for hydroxylation is 1. The number of aliphatic hydroxyl groups is 1. The van der Waals surface area contributed by atoms with Gasteiger partial charge in [-0.15, -0.1) is 11.8 Å². The molecule has 1 unspecified atom stereocenters. The van der Waals surface area contributed by atoms with Crippen molar-refractivity contribution < 1.29 is 24.2 Å². The molecule has 0 radical (unpaired) electrons. The van der Waals surface area contributed by atoms with E-state index in [0.717, 1.165) is 37.7 Å². The van der Waals surface area contributed by atoms with Gasteiger partial charge in [-0.1, -0.05) is 60.9 Å². The number of thioether (sulfide) groups is 1. The minimum atomic E-state index is -0.874. The van der Waals surface area contributed by atoms with Crippen molar-refractivity contribution >= 4 is 46.8 Å². The molecule has 2 saturated heterocycles. The second-order valence-electron chi connectivity index (χ2n) is 10.5. The quantitative estimate of drug-likeness (QED) is 0.305. The van der Waals surface area contributed by atoms with Gasteiger partial charge in [0.15, 0.2) is 0 Å². The summed E-state index contributed by atoms with van der Waals surface area (Å²) in [6, 6.07) is 4.81. The van der Waals surface area contributed by atoms with E-state index < -0.39 is 22.6 Å². The monoisotopic (exact) mass is 558 g/mol. The van der Waals surface area contributed by atoms with E-state index in [4.69, 9.17) is 21.4 Å². The third kappa shape index (κ3) is 4.69. The summed E-state index contributed by atoms with van der Waals surface area (Å²) in [4.78, 5) is 45.4. The molecule has 4 heterocycles. The molecule has 0 saturated carbocycles. The van der Waals surface area contributed by atoms with Gasteiger partial charge in [0.25, 0.3) is 5.91 Å². The Hall–Kier alpha value is -2.29. The Labute approximate surface area is 233 Å². The fraction of sp³-hybridized carbons (Fsp3) is 0.552. The minimum Gasteiger partial charge on any atom is -0.465 e. The van der Waals surface area contributed by atoms with Gasteiger partial charge in [-0.25, -0.2) is 0 Å². The Morgan fingerprint density at radius 2 is 1.95 bits per heavy atom. The van der Waals surface area contributed by atoms with Gasteiger partial charge >= 0.3 is 5.97 Å². The van der Waals surface area contributed by atoms with Crippen LogP contribution in [0.4, 0.5) is 5.69 Å². The van der Waals surface area contributed by atoms with Crippen LogP contribution in [0.3, 0.4) is 0 Å². The molecule has 2 amide bonds. The summed E-state index contributed by atoms with van der Waals surface area (Å²) >= 11 is 8.17. The Bertz CT molecular complexity index is 1140. The second kappa shape index (κ2) is 11.4. The van der Waals surface area contributed by atoms with E-state index >= 15 is 0 Å². The van der Waals surface area contributed by atoms with Gasteiger partial charge in [0, 0.05) is 24.9 Å². The van der Waals surface area contributed by atoms with E-state index in [2.05, 4.69) is 6.08 Å². The number of hydrogen-bond donors (Lipinski definition) is 1. The van der Waals surface area contributed by atoms with Crippen molar-refractivity contribution in [3.8, 4) is 0 Å². The van der Waals surface area contributed by atoms with Crippen LogP contribution >= 0.6 is 23.4 Å². The molecule has 5 atom stereocenters. The lowest BCUT2D eigenvalue weighted by atomic mass is 9.78. The number of cyclic esters (lactones) is 1. The van der Waals surface area contributed by atoms with Gasteiger partial charge in [-0.05, 0) is 44.2 Å². The lowest BCUT2D eigenvalue weighted by Gasteiger charge is -2.35. The molecule has 4 aliphatic rings. The van der Waals surface area contributed by atoms with Gasteiger partial charge < -0.3 is 19.6 Å². The first-order valence-electron chi connectivity index (χ1n) is 13.6. The normalized spacial score (nSPS) is 31.6. The van der Waals surface area contributed by atoms with Crippen LogP contribution in [0.1, 0.15) is 44.1 Å². The lowest BCUT2D eigenvalue weighted by molar-refractivity contribution is -0.153. The number of carbonyl (C=O) groups is 3. The molecule has 0 bridgehead atoms. The summed E-state index contributed by atoms with van der Waals surface area (Å²) in [6.07, 6.45) is 12.8. The number of nitrogens with zero attached hydrogens (tertiary/aromatic N) is 2. The third-order valence-corrected chi connectivity index (χ3v) is 10.2. The Balaban J connectivity index is 1.56. The molecule has 9 heteroatoms. The van der Waals surface area contributed by atoms with Crippen LogP contribution in [0.5, 0.6) is 0 Å². The largest absolute Gasteiger partial charge is 0.465 e. The SMILES string of the molecule is Cc1cccc(Cl)c1N1CC=C[C@]23S[C@H]4/C=C\CCCOC(=O)[C@H]4[C@H]2C(=O)N(CCCCCCO)C3C1=O. The van der Waals surface area contributed by atoms with E-state index in [0.29, 0.717) is 36.8 Å². The molecule has 0 aromatic heterocycles. The van der Waals surface area contributed by atoms with Crippen LogP contribution in [0, 0.1) is 18.8 Å². The van der Waals surface area contributed by atoms with E-state index in [1.165, 1.54) is 0 Å². The van der Waals surface area contributed by atoms with Crippen molar-refractivity contribution in [2.75, 3.05) is 31.2 Å². The molecular weight excluding hydrogens is 524 g/mol. The lowest BCUT2D eigenvalue weighted by Crippen LogP contribution is -2.53. The van der Waals surface area contributed by atoms with Gasteiger partial charge in [-0.2, -0.15) is 0 Å². The summed E-state index contributed by atoms with van der Waals surface area (Å²) in [5.74, 6) is -2.00. The fourth-order valence-corrected chi connectivity index (χ4v) is 8.73. The number of unbranched alkanes of at least 4 members (excludes halogenated alkanes) is 3. The summed E-state index contributed by atoms with van der Waals surface area (Å²) in [5, 5.41) is 9.39. The third-order valence-electron chi connectivity index (χ3n) is 8.12. The smallest absolute Gasteiger partial charge is 0.311 e. The Kier molecular flexibility index (Phi) is 8.22. The van der Waals surface area contributed by atoms with Crippen molar-refractivity contribution in [2.45, 2.75) is 61.5 Å². The average molecular weight is 559 g/mol. The molecule has 4 aliphatic heterocycles. The zero-order valence-corrected chi connectivity index (χ0v) is 23.3. The molecule has 1 spiro atoms. The van der Waals surface area contributed by atoms with Crippen molar-refractivity contribution in [3.63, 3.8) is 0 Å². The second-order valence-corrected chi connectivity index (χ2v) is 12.4. The Morgan fingerprint density at radius 1 is 1.13 bits per heavy atom. The number of benzene rings is 1. The number of rotatable bonds is 7. The maximum absolute atomic E-state index is 14.5.